The molecule has 1 N–H and O–H groups in total. The summed E-state index contributed by atoms with van der Waals surface area (Å²) in [7, 11) is 0. The molecule has 0 bridgehead atoms. The molecule has 1 aromatic heterocycles. The highest BCUT2D eigenvalue weighted by atomic mass is 16.6. The Morgan fingerprint density at radius 2 is 1.77 bits per heavy atom. The number of nitro benzene ring substituents is 1. The number of non-ortho nitro benzene ring substituents is 1. The lowest BCUT2D eigenvalue weighted by atomic mass is 10.1. The van der Waals surface area contributed by atoms with Crippen LogP contribution in [0.3, 0.4) is 0 Å². The van der Waals surface area contributed by atoms with E-state index >= 15 is 0 Å². The molecule has 0 aliphatic heterocycles. The zero-order chi connectivity index (χ0) is 18.5. The van der Waals surface area contributed by atoms with Gasteiger partial charge in [-0.15, -0.1) is 0 Å². The second-order valence-corrected chi connectivity index (χ2v) is 5.67. The number of carbonyl (C=O) groups excluding carboxylic acids is 1. The molecule has 0 atom stereocenters. The number of rotatable bonds is 6. The lowest BCUT2D eigenvalue weighted by molar-refractivity contribution is -0.384. The fourth-order valence-electron chi connectivity index (χ4n) is 2.55. The third kappa shape index (κ3) is 3.89. The summed E-state index contributed by atoms with van der Waals surface area (Å²) in [5.74, 6) is 0.365. The van der Waals surface area contributed by atoms with Crippen LogP contribution in [0.4, 0.5) is 5.69 Å². The van der Waals surface area contributed by atoms with Crippen LogP contribution in [0.15, 0.2) is 71.3 Å². The summed E-state index contributed by atoms with van der Waals surface area (Å²) in [6.45, 7) is 0.375. The van der Waals surface area contributed by atoms with Crippen molar-refractivity contribution < 1.29 is 19.2 Å². The van der Waals surface area contributed by atoms with Crippen molar-refractivity contribution in [3.63, 3.8) is 0 Å². The predicted octanol–water partition coefficient (Wildman–Crippen LogP) is 3.74. The molecule has 0 spiro atoms. The first-order valence-electron chi connectivity index (χ1n) is 7.87. The van der Waals surface area contributed by atoms with E-state index in [2.05, 4.69) is 0 Å². The third-order valence-corrected chi connectivity index (χ3v) is 3.89. The number of phenols is 1. The molecule has 0 saturated heterocycles. The minimum atomic E-state index is -0.517. The number of para-hydroxylation sites is 1. The van der Waals surface area contributed by atoms with E-state index in [0.29, 0.717) is 16.9 Å². The normalized spacial score (nSPS) is 10.5. The molecule has 0 aliphatic carbocycles. The molecule has 0 aliphatic rings. The summed E-state index contributed by atoms with van der Waals surface area (Å²) in [5.41, 5.74) is 0.826. The number of aromatic hydroxyl groups is 1. The van der Waals surface area contributed by atoms with Gasteiger partial charge in [-0.25, -0.2) is 0 Å². The van der Waals surface area contributed by atoms with Crippen LogP contribution in [-0.2, 0) is 13.1 Å². The SMILES string of the molecule is O=C(c1ccc([N+](=O)[O-])cc1)N(Cc1ccco1)Cc1ccccc1O. The summed E-state index contributed by atoms with van der Waals surface area (Å²) in [4.78, 5) is 24.7. The fraction of sp³-hybridized carbons (Fsp3) is 0.105. The number of furan rings is 1. The smallest absolute Gasteiger partial charge is 0.269 e. The molecule has 1 amide bonds. The first kappa shape index (κ1) is 17.2. The average Bonchev–Trinajstić information content (AvgIpc) is 3.15. The van der Waals surface area contributed by atoms with Crippen molar-refractivity contribution in [3.05, 3.63) is 93.9 Å². The first-order valence-corrected chi connectivity index (χ1v) is 7.87. The van der Waals surface area contributed by atoms with Crippen molar-refractivity contribution in [3.8, 4) is 5.75 Å². The Hall–Kier alpha value is -3.61. The lowest BCUT2D eigenvalue weighted by Crippen LogP contribution is -2.30. The molecule has 132 valence electrons. The highest BCUT2D eigenvalue weighted by Crippen LogP contribution is 2.21. The largest absolute Gasteiger partial charge is 0.508 e. The maximum atomic E-state index is 12.9. The van der Waals surface area contributed by atoms with Crippen molar-refractivity contribution in [1.29, 1.82) is 0 Å². The Balaban J connectivity index is 1.87. The van der Waals surface area contributed by atoms with Gasteiger partial charge in [0.15, 0.2) is 0 Å². The number of nitro groups is 1. The number of nitrogens with zero attached hydrogens (tertiary/aromatic N) is 2. The lowest BCUT2D eigenvalue weighted by Gasteiger charge is -2.22. The molecule has 26 heavy (non-hydrogen) atoms. The number of hydrogen-bond acceptors (Lipinski definition) is 5. The summed E-state index contributed by atoms with van der Waals surface area (Å²) in [5, 5.41) is 20.8. The van der Waals surface area contributed by atoms with E-state index in [1.54, 1.807) is 36.4 Å². The summed E-state index contributed by atoms with van der Waals surface area (Å²) in [6, 6.07) is 15.6. The maximum absolute atomic E-state index is 12.9. The van der Waals surface area contributed by atoms with Crippen LogP contribution in [0.25, 0.3) is 0 Å². The monoisotopic (exact) mass is 352 g/mol. The average molecular weight is 352 g/mol. The number of carbonyl (C=O) groups is 1. The van der Waals surface area contributed by atoms with Gasteiger partial charge in [-0.1, -0.05) is 18.2 Å². The van der Waals surface area contributed by atoms with E-state index in [1.165, 1.54) is 35.4 Å². The standard InChI is InChI=1S/C19H16N2O5/c22-18-6-2-1-4-15(18)12-20(13-17-5-3-11-26-17)19(23)14-7-9-16(10-8-14)21(24)25/h1-11,22H,12-13H2. The second kappa shape index (κ2) is 7.52. The van der Waals surface area contributed by atoms with E-state index in [1.807, 2.05) is 0 Å². The van der Waals surface area contributed by atoms with Crippen molar-refractivity contribution in [2.75, 3.05) is 0 Å². The van der Waals surface area contributed by atoms with Gasteiger partial charge in [0.05, 0.1) is 24.3 Å². The molecular weight excluding hydrogens is 336 g/mol. The molecule has 0 fully saturated rings. The number of hydrogen-bond donors (Lipinski definition) is 1. The second-order valence-electron chi connectivity index (χ2n) is 5.67. The van der Waals surface area contributed by atoms with Crippen molar-refractivity contribution in [2.45, 2.75) is 13.1 Å². The Morgan fingerprint density at radius 3 is 2.38 bits per heavy atom. The zero-order valence-corrected chi connectivity index (χ0v) is 13.7. The number of amides is 1. The molecule has 0 radical (unpaired) electrons. The Labute approximate surface area is 149 Å². The minimum absolute atomic E-state index is 0.0835. The number of phenolic OH excluding ortho intramolecular Hbond substituents is 1. The molecular formula is C19H16N2O5. The Bertz CT molecular complexity index is 904. The Morgan fingerprint density at radius 1 is 1.04 bits per heavy atom. The summed E-state index contributed by atoms with van der Waals surface area (Å²) >= 11 is 0. The van der Waals surface area contributed by atoms with E-state index in [4.69, 9.17) is 4.42 Å². The van der Waals surface area contributed by atoms with Gasteiger partial charge in [-0.2, -0.15) is 0 Å². The first-order chi connectivity index (χ1) is 12.5. The van der Waals surface area contributed by atoms with Crippen LogP contribution in [0, 0.1) is 10.1 Å². The number of benzene rings is 2. The van der Waals surface area contributed by atoms with Gasteiger partial charge < -0.3 is 14.4 Å². The molecule has 1 heterocycles. The molecule has 0 unspecified atom stereocenters. The van der Waals surface area contributed by atoms with Crippen LogP contribution < -0.4 is 0 Å². The molecule has 2 aromatic carbocycles. The van der Waals surface area contributed by atoms with Gasteiger partial charge in [0, 0.05) is 23.3 Å². The van der Waals surface area contributed by atoms with Crippen molar-refractivity contribution in [2.24, 2.45) is 0 Å². The molecule has 7 heteroatoms. The van der Waals surface area contributed by atoms with Crippen LogP contribution in [0.2, 0.25) is 0 Å². The van der Waals surface area contributed by atoms with Gasteiger partial charge in [-0.05, 0) is 30.3 Å². The van der Waals surface area contributed by atoms with Gasteiger partial charge in [0.1, 0.15) is 11.5 Å². The maximum Gasteiger partial charge on any atom is 0.269 e. The fourth-order valence-corrected chi connectivity index (χ4v) is 2.55. The predicted molar refractivity (Wildman–Crippen MR) is 93.5 cm³/mol. The third-order valence-electron chi connectivity index (χ3n) is 3.89. The van der Waals surface area contributed by atoms with Crippen molar-refractivity contribution >= 4 is 11.6 Å². The highest BCUT2D eigenvalue weighted by Gasteiger charge is 2.20. The molecule has 7 nitrogen and oxygen atoms in total. The Kier molecular flexibility index (Phi) is 4.98. The topological polar surface area (TPSA) is 96.8 Å². The van der Waals surface area contributed by atoms with E-state index in [9.17, 15) is 20.0 Å². The molecule has 3 aromatic rings. The van der Waals surface area contributed by atoms with E-state index in [0.717, 1.165) is 0 Å². The quantitative estimate of drug-likeness (QED) is 0.538. The zero-order valence-electron chi connectivity index (χ0n) is 13.7. The van der Waals surface area contributed by atoms with Crippen LogP contribution >= 0.6 is 0 Å². The van der Waals surface area contributed by atoms with Gasteiger partial charge in [0.25, 0.3) is 11.6 Å². The summed E-state index contributed by atoms with van der Waals surface area (Å²) in [6.07, 6.45) is 1.52. The van der Waals surface area contributed by atoms with Gasteiger partial charge in [-0.3, -0.25) is 14.9 Å². The van der Waals surface area contributed by atoms with Gasteiger partial charge in [0.2, 0.25) is 0 Å². The van der Waals surface area contributed by atoms with Crippen LogP contribution in [0.5, 0.6) is 5.75 Å². The van der Waals surface area contributed by atoms with E-state index < -0.39 is 4.92 Å². The molecule has 0 saturated carbocycles. The van der Waals surface area contributed by atoms with Crippen LogP contribution in [0.1, 0.15) is 21.7 Å². The minimum Gasteiger partial charge on any atom is -0.508 e. The summed E-state index contributed by atoms with van der Waals surface area (Å²) < 4.78 is 5.32. The molecule has 3 rings (SSSR count). The van der Waals surface area contributed by atoms with Gasteiger partial charge >= 0.3 is 0 Å². The van der Waals surface area contributed by atoms with Crippen LogP contribution in [-0.4, -0.2) is 20.8 Å². The van der Waals surface area contributed by atoms with Crippen molar-refractivity contribution in [1.82, 2.24) is 4.90 Å². The highest BCUT2D eigenvalue weighted by molar-refractivity contribution is 5.94. The van der Waals surface area contributed by atoms with E-state index in [-0.39, 0.29) is 30.4 Å².